The Kier molecular flexibility index (Phi) is 12.4. The van der Waals surface area contributed by atoms with E-state index in [1.807, 2.05) is 11.0 Å². The van der Waals surface area contributed by atoms with Gasteiger partial charge in [0.1, 0.15) is 0 Å². The molecule has 0 rings (SSSR count). The smallest absolute Gasteiger partial charge is 0.304 e. The second-order valence-electron chi connectivity index (χ2n) is 5.44. The van der Waals surface area contributed by atoms with Crippen LogP contribution in [-0.2, 0) is 9.59 Å². The van der Waals surface area contributed by atoms with Gasteiger partial charge in [-0.3, -0.25) is 14.5 Å². The average molecular weight is 314 g/mol. The predicted octanol–water partition coefficient (Wildman–Crippen LogP) is 1.40. The van der Waals surface area contributed by atoms with Crippen LogP contribution in [0.1, 0.15) is 46.0 Å². The van der Waals surface area contributed by atoms with Gasteiger partial charge in [-0.1, -0.05) is 25.5 Å². The van der Waals surface area contributed by atoms with E-state index < -0.39 is 12.1 Å². The molecule has 1 atom stereocenters. The van der Waals surface area contributed by atoms with E-state index >= 15 is 0 Å². The van der Waals surface area contributed by atoms with E-state index in [1.165, 1.54) is 0 Å². The number of amides is 1. The Bertz CT molecular complexity index is 343. The fraction of sp³-hybridized carbons (Fsp3) is 0.750. The van der Waals surface area contributed by atoms with E-state index in [0.29, 0.717) is 32.6 Å². The van der Waals surface area contributed by atoms with Crippen molar-refractivity contribution in [2.75, 3.05) is 26.2 Å². The molecular formula is C16H30N2O4. The van der Waals surface area contributed by atoms with Crippen LogP contribution in [0.25, 0.3) is 0 Å². The highest BCUT2D eigenvalue weighted by Gasteiger charge is 2.10. The van der Waals surface area contributed by atoms with Crippen LogP contribution >= 0.6 is 0 Å². The van der Waals surface area contributed by atoms with Gasteiger partial charge >= 0.3 is 5.97 Å². The molecule has 0 fully saturated rings. The van der Waals surface area contributed by atoms with Gasteiger partial charge in [0.15, 0.2) is 0 Å². The second-order valence-corrected chi connectivity index (χ2v) is 5.44. The lowest BCUT2D eigenvalue weighted by Crippen LogP contribution is -2.39. The number of unbranched alkanes of at least 4 members (excludes halogenated alkanes) is 1. The highest BCUT2D eigenvalue weighted by Crippen LogP contribution is 1.97. The molecule has 3 N–H and O–H groups in total. The van der Waals surface area contributed by atoms with Crippen LogP contribution in [0.5, 0.6) is 0 Å². The summed E-state index contributed by atoms with van der Waals surface area (Å²) in [6, 6.07) is 0. The van der Waals surface area contributed by atoms with Gasteiger partial charge in [0, 0.05) is 32.6 Å². The van der Waals surface area contributed by atoms with Gasteiger partial charge in [-0.15, -0.1) is 0 Å². The maximum absolute atomic E-state index is 11.6. The fourth-order valence-electron chi connectivity index (χ4n) is 1.98. The van der Waals surface area contributed by atoms with Crippen molar-refractivity contribution in [1.82, 2.24) is 10.2 Å². The number of aliphatic carboxylic acids is 1. The van der Waals surface area contributed by atoms with Gasteiger partial charge in [-0.25, -0.2) is 0 Å². The number of rotatable bonds is 13. The van der Waals surface area contributed by atoms with E-state index in [1.54, 1.807) is 6.92 Å². The zero-order chi connectivity index (χ0) is 16.8. The third kappa shape index (κ3) is 13.6. The number of allylic oxidation sites excluding steroid dienone is 2. The molecule has 0 spiro atoms. The Morgan fingerprint density at radius 1 is 1.18 bits per heavy atom. The highest BCUT2D eigenvalue weighted by atomic mass is 16.4. The first-order valence-electron chi connectivity index (χ1n) is 7.99. The lowest BCUT2D eigenvalue weighted by Gasteiger charge is -2.23. The Balaban J connectivity index is 3.89. The molecule has 0 bridgehead atoms. The first-order valence-corrected chi connectivity index (χ1v) is 7.99. The topological polar surface area (TPSA) is 89.9 Å². The summed E-state index contributed by atoms with van der Waals surface area (Å²) in [4.78, 5) is 24.1. The Labute approximate surface area is 133 Å². The minimum atomic E-state index is -0.863. The minimum absolute atomic E-state index is 0.00335. The van der Waals surface area contributed by atoms with Gasteiger partial charge in [-0.2, -0.15) is 0 Å². The van der Waals surface area contributed by atoms with Gasteiger partial charge in [0.25, 0.3) is 0 Å². The lowest BCUT2D eigenvalue weighted by atomic mass is 10.2. The molecule has 6 nitrogen and oxygen atoms in total. The maximum atomic E-state index is 11.6. The second kappa shape index (κ2) is 13.3. The van der Waals surface area contributed by atoms with Crippen LogP contribution in [0, 0.1) is 0 Å². The summed E-state index contributed by atoms with van der Waals surface area (Å²) >= 11 is 0. The van der Waals surface area contributed by atoms with Crippen molar-refractivity contribution in [3.05, 3.63) is 12.2 Å². The summed E-state index contributed by atoms with van der Waals surface area (Å²) in [5, 5.41) is 20.9. The molecule has 22 heavy (non-hydrogen) atoms. The van der Waals surface area contributed by atoms with Crippen molar-refractivity contribution in [2.45, 2.75) is 52.1 Å². The monoisotopic (exact) mass is 314 g/mol. The number of carboxylic acids is 1. The van der Waals surface area contributed by atoms with E-state index in [4.69, 9.17) is 5.11 Å². The molecular weight excluding hydrogens is 284 g/mol. The number of aliphatic hydroxyl groups excluding tert-OH is 1. The van der Waals surface area contributed by atoms with E-state index in [2.05, 4.69) is 18.3 Å². The Hall–Kier alpha value is -1.40. The van der Waals surface area contributed by atoms with Crippen LogP contribution in [0.4, 0.5) is 0 Å². The zero-order valence-electron chi connectivity index (χ0n) is 13.8. The van der Waals surface area contributed by atoms with Crippen LogP contribution < -0.4 is 5.32 Å². The summed E-state index contributed by atoms with van der Waals surface area (Å²) in [6.45, 7) is 5.55. The van der Waals surface area contributed by atoms with Crippen LogP contribution in [0.3, 0.4) is 0 Å². The van der Waals surface area contributed by atoms with Crippen LogP contribution in [0.15, 0.2) is 12.2 Å². The van der Waals surface area contributed by atoms with Crippen LogP contribution in [-0.4, -0.2) is 59.3 Å². The average Bonchev–Trinajstić information content (AvgIpc) is 2.43. The molecule has 0 saturated carbocycles. The molecule has 1 amide bonds. The van der Waals surface area contributed by atoms with E-state index in [0.717, 1.165) is 19.3 Å². The summed E-state index contributed by atoms with van der Waals surface area (Å²) in [5.41, 5.74) is 0. The third-order valence-corrected chi connectivity index (χ3v) is 3.07. The summed E-state index contributed by atoms with van der Waals surface area (Å²) < 4.78 is 0. The van der Waals surface area contributed by atoms with E-state index in [9.17, 15) is 14.7 Å². The molecule has 0 aliphatic heterocycles. The first kappa shape index (κ1) is 20.6. The van der Waals surface area contributed by atoms with Gasteiger partial charge in [-0.05, 0) is 19.8 Å². The Morgan fingerprint density at radius 2 is 1.86 bits per heavy atom. The number of nitrogens with zero attached hydrogens (tertiary/aromatic N) is 1. The standard InChI is InChI=1S/C16H30N2O4/c1-3-4-5-6-7-8-15(20)17-10-12-18(13-14(2)19)11-9-16(21)22/h5-6,14,19H,3-4,7-13H2,1-2H3,(H,17,20)(H,21,22)/b6-5+. The largest absolute Gasteiger partial charge is 0.481 e. The number of aliphatic hydroxyl groups is 1. The van der Waals surface area contributed by atoms with E-state index in [-0.39, 0.29) is 12.3 Å². The Morgan fingerprint density at radius 3 is 2.45 bits per heavy atom. The van der Waals surface area contributed by atoms with Crippen molar-refractivity contribution < 1.29 is 19.8 Å². The van der Waals surface area contributed by atoms with Gasteiger partial charge in [0.2, 0.25) is 5.91 Å². The number of carboxylic acid groups (broad SMARTS) is 1. The van der Waals surface area contributed by atoms with Crippen molar-refractivity contribution in [2.24, 2.45) is 0 Å². The zero-order valence-corrected chi connectivity index (χ0v) is 13.8. The number of carbonyl (C=O) groups is 2. The number of hydrogen-bond donors (Lipinski definition) is 3. The molecule has 1 unspecified atom stereocenters. The molecule has 0 radical (unpaired) electrons. The fourth-order valence-corrected chi connectivity index (χ4v) is 1.98. The molecule has 0 aliphatic rings. The van der Waals surface area contributed by atoms with Crippen molar-refractivity contribution in [3.8, 4) is 0 Å². The van der Waals surface area contributed by atoms with Crippen molar-refractivity contribution in [1.29, 1.82) is 0 Å². The molecule has 0 aromatic heterocycles. The number of hydrogen-bond acceptors (Lipinski definition) is 4. The highest BCUT2D eigenvalue weighted by molar-refractivity contribution is 5.75. The molecule has 0 aliphatic carbocycles. The quantitative estimate of drug-likeness (QED) is 0.447. The molecule has 0 aromatic rings. The summed E-state index contributed by atoms with van der Waals surface area (Å²) in [5.74, 6) is -0.866. The molecule has 0 saturated heterocycles. The molecule has 6 heteroatoms. The molecule has 0 aromatic carbocycles. The van der Waals surface area contributed by atoms with Crippen LogP contribution in [0.2, 0.25) is 0 Å². The van der Waals surface area contributed by atoms with Gasteiger partial charge < -0.3 is 15.5 Å². The minimum Gasteiger partial charge on any atom is -0.481 e. The van der Waals surface area contributed by atoms with Crippen molar-refractivity contribution in [3.63, 3.8) is 0 Å². The molecule has 128 valence electrons. The maximum Gasteiger partial charge on any atom is 0.304 e. The third-order valence-electron chi connectivity index (χ3n) is 3.07. The van der Waals surface area contributed by atoms with Crippen molar-refractivity contribution >= 4 is 11.9 Å². The molecule has 0 heterocycles. The number of carbonyl (C=O) groups excluding carboxylic acids is 1. The number of nitrogens with one attached hydrogen (secondary N) is 1. The predicted molar refractivity (Wildman–Crippen MR) is 86.7 cm³/mol. The summed E-state index contributed by atoms with van der Waals surface area (Å²) in [6.07, 6.45) is 6.97. The summed E-state index contributed by atoms with van der Waals surface area (Å²) in [7, 11) is 0. The lowest BCUT2D eigenvalue weighted by molar-refractivity contribution is -0.137. The van der Waals surface area contributed by atoms with Gasteiger partial charge in [0.05, 0.1) is 12.5 Å². The SMILES string of the molecule is CCC/C=C/CCC(=O)NCCN(CCC(=O)O)CC(C)O. The first-order chi connectivity index (χ1) is 10.5. The normalized spacial score (nSPS) is 12.7.